The first kappa shape index (κ1) is 15.7. The second-order valence-corrected chi connectivity index (χ2v) is 8.43. The van der Waals surface area contributed by atoms with Crippen molar-refractivity contribution in [3.8, 4) is 0 Å². The quantitative estimate of drug-likeness (QED) is 0.801. The third-order valence-corrected chi connectivity index (χ3v) is 7.34. The first-order valence-corrected chi connectivity index (χ1v) is 9.70. The molecule has 0 saturated carbocycles. The van der Waals surface area contributed by atoms with Gasteiger partial charge >= 0.3 is 0 Å². The molecule has 3 rings (SSSR count). The monoisotopic (exact) mass is 316 g/mol. The van der Waals surface area contributed by atoms with Gasteiger partial charge in [-0.15, -0.1) is 0 Å². The van der Waals surface area contributed by atoms with Crippen LogP contribution in [0.2, 0.25) is 0 Å². The number of nitrogens with one attached hydrogen (secondary N) is 1. The molecule has 0 spiro atoms. The van der Waals surface area contributed by atoms with Crippen LogP contribution in [0.5, 0.6) is 0 Å². The molecule has 7 heteroatoms. The van der Waals surface area contributed by atoms with Crippen LogP contribution >= 0.6 is 0 Å². The van der Waals surface area contributed by atoms with Crippen LogP contribution in [0.3, 0.4) is 0 Å². The Kier molecular flexibility index (Phi) is 4.85. The predicted octanol–water partition coefficient (Wildman–Crippen LogP) is 0.0851. The molecule has 0 amide bonds. The van der Waals surface area contributed by atoms with Gasteiger partial charge in [0.2, 0.25) is 0 Å². The zero-order chi connectivity index (χ0) is 14.9. The van der Waals surface area contributed by atoms with Gasteiger partial charge < -0.3 is 5.32 Å². The Balaban J connectivity index is 1.59. The summed E-state index contributed by atoms with van der Waals surface area (Å²) in [5, 5.41) is 3.39. The number of piperazine rings is 1. The van der Waals surface area contributed by atoms with Crippen LogP contribution in [-0.4, -0.2) is 79.8 Å². The third kappa shape index (κ3) is 3.27. The molecule has 3 aliphatic rings. The molecule has 3 aliphatic heterocycles. The highest BCUT2D eigenvalue weighted by Crippen LogP contribution is 2.23. The maximum atomic E-state index is 12.8. The fraction of sp³-hybridized carbons (Fsp3) is 1.00. The summed E-state index contributed by atoms with van der Waals surface area (Å²) in [7, 11) is -3.26. The summed E-state index contributed by atoms with van der Waals surface area (Å²) < 4.78 is 29.0. The molecule has 0 aromatic rings. The van der Waals surface area contributed by atoms with Crippen molar-refractivity contribution in [2.75, 3.05) is 45.8 Å². The number of nitrogens with zero attached hydrogens (tertiary/aromatic N) is 3. The fourth-order valence-electron chi connectivity index (χ4n) is 3.81. The normalized spacial score (nSPS) is 34.3. The molecule has 0 aromatic carbocycles. The zero-order valence-corrected chi connectivity index (χ0v) is 13.8. The minimum Gasteiger partial charge on any atom is -0.315 e. The van der Waals surface area contributed by atoms with E-state index >= 15 is 0 Å². The Labute approximate surface area is 128 Å². The van der Waals surface area contributed by atoms with Gasteiger partial charge in [0.25, 0.3) is 10.2 Å². The molecular formula is C14H28N4O2S. The highest BCUT2D eigenvalue weighted by molar-refractivity contribution is 7.86. The third-order valence-electron chi connectivity index (χ3n) is 5.19. The Morgan fingerprint density at radius 3 is 2.38 bits per heavy atom. The second kappa shape index (κ2) is 6.50. The molecule has 0 aliphatic carbocycles. The summed E-state index contributed by atoms with van der Waals surface area (Å²) in [6.45, 7) is 7.89. The lowest BCUT2D eigenvalue weighted by Gasteiger charge is -2.41. The largest absolute Gasteiger partial charge is 0.315 e. The first-order valence-electron chi connectivity index (χ1n) is 8.31. The Bertz CT molecular complexity index is 442. The lowest BCUT2D eigenvalue weighted by Crippen LogP contribution is -2.57. The highest BCUT2D eigenvalue weighted by atomic mass is 32.2. The number of hydrogen-bond acceptors (Lipinski definition) is 4. The fourth-order valence-corrected chi connectivity index (χ4v) is 5.65. The lowest BCUT2D eigenvalue weighted by molar-refractivity contribution is 0.137. The zero-order valence-electron chi connectivity index (χ0n) is 13.0. The predicted molar refractivity (Wildman–Crippen MR) is 83.4 cm³/mol. The number of rotatable bonds is 3. The van der Waals surface area contributed by atoms with Gasteiger partial charge in [-0.25, -0.2) is 0 Å². The van der Waals surface area contributed by atoms with E-state index < -0.39 is 10.2 Å². The number of piperidine rings is 1. The molecule has 3 fully saturated rings. The smallest absolute Gasteiger partial charge is 0.282 e. The van der Waals surface area contributed by atoms with Crippen LogP contribution < -0.4 is 5.32 Å². The van der Waals surface area contributed by atoms with Gasteiger partial charge in [0.05, 0.1) is 0 Å². The molecule has 0 bridgehead atoms. The number of hydrogen-bond donors (Lipinski definition) is 1. The van der Waals surface area contributed by atoms with Gasteiger partial charge in [0.1, 0.15) is 0 Å². The van der Waals surface area contributed by atoms with Crippen molar-refractivity contribution in [1.29, 1.82) is 0 Å². The van der Waals surface area contributed by atoms with Crippen LogP contribution in [0.4, 0.5) is 0 Å². The van der Waals surface area contributed by atoms with Crippen LogP contribution in [0.15, 0.2) is 0 Å². The van der Waals surface area contributed by atoms with Crippen molar-refractivity contribution in [3.63, 3.8) is 0 Å². The maximum absolute atomic E-state index is 12.8. The van der Waals surface area contributed by atoms with Crippen molar-refractivity contribution in [2.45, 2.75) is 44.7 Å². The van der Waals surface area contributed by atoms with E-state index in [-0.39, 0.29) is 6.04 Å². The van der Waals surface area contributed by atoms with Gasteiger partial charge in [0.15, 0.2) is 0 Å². The average Bonchev–Trinajstić information content (AvgIpc) is 3.02. The van der Waals surface area contributed by atoms with Crippen molar-refractivity contribution in [2.24, 2.45) is 0 Å². The first-order chi connectivity index (χ1) is 10.1. The van der Waals surface area contributed by atoms with Crippen molar-refractivity contribution in [3.05, 3.63) is 0 Å². The second-order valence-electron chi connectivity index (χ2n) is 6.54. The summed E-state index contributed by atoms with van der Waals surface area (Å²) in [6, 6.07) is 0.754. The van der Waals surface area contributed by atoms with E-state index in [0.717, 1.165) is 45.4 Å². The molecule has 6 nitrogen and oxygen atoms in total. The molecular weight excluding hydrogens is 288 g/mol. The molecule has 0 aromatic heterocycles. The molecule has 2 unspecified atom stereocenters. The van der Waals surface area contributed by atoms with Crippen LogP contribution in [0.25, 0.3) is 0 Å². The Hall–Kier alpha value is -0.210. The van der Waals surface area contributed by atoms with E-state index in [9.17, 15) is 8.42 Å². The minimum absolute atomic E-state index is 0.154. The van der Waals surface area contributed by atoms with Crippen LogP contribution in [0.1, 0.15) is 32.6 Å². The molecule has 3 heterocycles. The van der Waals surface area contributed by atoms with Gasteiger partial charge in [-0.05, 0) is 32.7 Å². The SMILES string of the molecule is CC1CCCCN1S(=O)(=O)N1CCN(C2CCNC2)CC1. The van der Waals surface area contributed by atoms with Gasteiger partial charge in [-0.1, -0.05) is 6.42 Å². The van der Waals surface area contributed by atoms with E-state index in [2.05, 4.69) is 10.2 Å². The summed E-state index contributed by atoms with van der Waals surface area (Å²) >= 11 is 0. The molecule has 0 radical (unpaired) electrons. The van der Waals surface area contributed by atoms with Crippen molar-refractivity contribution in [1.82, 2.24) is 18.8 Å². The topological polar surface area (TPSA) is 55.9 Å². The maximum Gasteiger partial charge on any atom is 0.282 e. The molecule has 1 N–H and O–H groups in total. The van der Waals surface area contributed by atoms with Crippen molar-refractivity contribution < 1.29 is 8.42 Å². The summed E-state index contributed by atoms with van der Waals surface area (Å²) in [6.07, 6.45) is 4.33. The van der Waals surface area contributed by atoms with Gasteiger partial charge in [0, 0.05) is 51.4 Å². The summed E-state index contributed by atoms with van der Waals surface area (Å²) in [5.41, 5.74) is 0. The van der Waals surface area contributed by atoms with E-state index in [1.807, 2.05) is 6.92 Å². The molecule has 3 saturated heterocycles. The minimum atomic E-state index is -3.26. The van der Waals surface area contributed by atoms with E-state index in [4.69, 9.17) is 0 Å². The average molecular weight is 316 g/mol. The molecule has 2 atom stereocenters. The Morgan fingerprint density at radius 1 is 1.00 bits per heavy atom. The van der Waals surface area contributed by atoms with Gasteiger partial charge in [-0.2, -0.15) is 17.0 Å². The highest BCUT2D eigenvalue weighted by Gasteiger charge is 2.37. The van der Waals surface area contributed by atoms with Crippen LogP contribution in [0, 0.1) is 0 Å². The molecule has 21 heavy (non-hydrogen) atoms. The van der Waals surface area contributed by atoms with E-state index in [0.29, 0.717) is 25.7 Å². The summed E-state index contributed by atoms with van der Waals surface area (Å²) in [4.78, 5) is 2.45. The van der Waals surface area contributed by atoms with Crippen molar-refractivity contribution >= 4 is 10.2 Å². The summed E-state index contributed by atoms with van der Waals surface area (Å²) in [5.74, 6) is 0. The van der Waals surface area contributed by atoms with E-state index in [1.54, 1.807) is 8.61 Å². The molecule has 122 valence electrons. The standard InChI is InChI=1S/C14H28N4O2S/c1-13-4-2-3-7-18(13)21(19,20)17-10-8-16(9-11-17)14-5-6-15-12-14/h13-15H,2-12H2,1H3. The lowest BCUT2D eigenvalue weighted by atomic mass is 10.1. The van der Waals surface area contributed by atoms with Crippen LogP contribution in [-0.2, 0) is 10.2 Å². The Morgan fingerprint density at radius 2 is 1.76 bits per heavy atom. The van der Waals surface area contributed by atoms with Gasteiger partial charge in [-0.3, -0.25) is 4.90 Å². The van der Waals surface area contributed by atoms with E-state index in [1.165, 1.54) is 6.42 Å².